The van der Waals surface area contributed by atoms with Crippen molar-refractivity contribution in [2.24, 2.45) is 10.8 Å². The Balaban J connectivity index is 1.69. The number of nitrogens with two attached hydrogens (primary N) is 1. The molecule has 1 aromatic carbocycles. The van der Waals surface area contributed by atoms with E-state index in [1.165, 1.54) is 0 Å². The summed E-state index contributed by atoms with van der Waals surface area (Å²) in [7, 11) is 3.83. The molecule has 29 heavy (non-hydrogen) atoms. The van der Waals surface area contributed by atoms with Gasteiger partial charge in [-0.05, 0) is 30.6 Å². The van der Waals surface area contributed by atoms with Gasteiger partial charge in [0.2, 0.25) is 5.95 Å². The van der Waals surface area contributed by atoms with Crippen molar-refractivity contribution in [2.45, 2.75) is 24.9 Å². The number of benzene rings is 1. The minimum atomic E-state index is -0.693. The number of hydrazone groups is 1. The predicted molar refractivity (Wildman–Crippen MR) is 120 cm³/mol. The van der Waals surface area contributed by atoms with Gasteiger partial charge in [0.15, 0.2) is 5.11 Å². The van der Waals surface area contributed by atoms with Crippen molar-refractivity contribution in [1.82, 2.24) is 15.4 Å². The second-order valence-electron chi connectivity index (χ2n) is 7.45. The highest BCUT2D eigenvalue weighted by molar-refractivity contribution is 7.80. The molecule has 0 saturated carbocycles. The molecule has 0 unspecified atom stereocenters. The number of piperidine rings is 1. The number of nitrogens with one attached hydrogen (secondary N) is 1. The summed E-state index contributed by atoms with van der Waals surface area (Å²) < 4.78 is 0. The lowest BCUT2D eigenvalue weighted by molar-refractivity contribution is 0.0163. The lowest BCUT2D eigenvalue weighted by atomic mass is 9.85. The van der Waals surface area contributed by atoms with E-state index in [2.05, 4.69) is 32.5 Å². The van der Waals surface area contributed by atoms with Crippen LogP contribution in [0, 0.1) is 0 Å². The number of rotatable bonds is 6. The monoisotopic (exact) mass is 413 g/mol. The molecular formula is C20H27N7OS. The van der Waals surface area contributed by atoms with Crippen LogP contribution in [-0.4, -0.2) is 59.2 Å². The van der Waals surface area contributed by atoms with E-state index in [0.717, 1.165) is 16.9 Å². The molecule has 2 heterocycles. The first-order chi connectivity index (χ1) is 13.9. The third-order valence-corrected chi connectivity index (χ3v) is 5.03. The van der Waals surface area contributed by atoms with Crippen LogP contribution in [-0.2, 0) is 6.42 Å². The Kier molecular flexibility index (Phi) is 6.60. The van der Waals surface area contributed by atoms with E-state index in [-0.39, 0.29) is 5.11 Å². The Morgan fingerprint density at radius 1 is 1.34 bits per heavy atom. The van der Waals surface area contributed by atoms with Gasteiger partial charge in [-0.2, -0.15) is 10.1 Å². The molecule has 4 N–H and O–H groups in total. The fourth-order valence-electron chi connectivity index (χ4n) is 3.42. The van der Waals surface area contributed by atoms with Crippen molar-refractivity contribution in [3.05, 3.63) is 47.7 Å². The molecular weight excluding hydrogens is 386 g/mol. The first-order valence-corrected chi connectivity index (χ1v) is 9.91. The maximum absolute atomic E-state index is 11.0. The summed E-state index contributed by atoms with van der Waals surface area (Å²) in [5.74, 6) is 1.39. The van der Waals surface area contributed by atoms with Gasteiger partial charge in [0.1, 0.15) is 5.82 Å². The molecule has 1 aliphatic rings. The maximum Gasteiger partial charge on any atom is 0.227 e. The van der Waals surface area contributed by atoms with Crippen molar-refractivity contribution in [3.63, 3.8) is 0 Å². The molecule has 0 spiro atoms. The van der Waals surface area contributed by atoms with Crippen LogP contribution in [0.15, 0.2) is 41.6 Å². The van der Waals surface area contributed by atoms with Crippen molar-refractivity contribution in [2.75, 3.05) is 37.0 Å². The molecule has 3 rings (SSSR count). The second kappa shape index (κ2) is 9.15. The van der Waals surface area contributed by atoms with Gasteiger partial charge in [0.25, 0.3) is 0 Å². The molecule has 154 valence electrons. The van der Waals surface area contributed by atoms with Crippen LogP contribution in [0.1, 0.15) is 24.0 Å². The summed E-state index contributed by atoms with van der Waals surface area (Å²) in [6, 6.07) is 10.1. The van der Waals surface area contributed by atoms with Crippen molar-refractivity contribution in [1.29, 1.82) is 0 Å². The van der Waals surface area contributed by atoms with Crippen LogP contribution in [0.5, 0.6) is 0 Å². The first-order valence-electron chi connectivity index (χ1n) is 9.50. The van der Waals surface area contributed by atoms with Crippen molar-refractivity contribution >= 4 is 35.3 Å². The molecule has 1 saturated heterocycles. The van der Waals surface area contributed by atoms with E-state index in [9.17, 15) is 5.11 Å². The molecule has 0 aliphatic carbocycles. The summed E-state index contributed by atoms with van der Waals surface area (Å²) in [5, 5.41) is 15.1. The summed E-state index contributed by atoms with van der Waals surface area (Å²) in [6.07, 6.45) is 5.32. The number of aromatic nitrogens is 2. The average molecular weight is 414 g/mol. The van der Waals surface area contributed by atoms with Crippen molar-refractivity contribution in [3.8, 4) is 0 Å². The van der Waals surface area contributed by atoms with Gasteiger partial charge < -0.3 is 20.6 Å². The molecule has 0 atom stereocenters. The van der Waals surface area contributed by atoms with E-state index >= 15 is 0 Å². The molecule has 0 radical (unpaired) electrons. The van der Waals surface area contributed by atoms with E-state index < -0.39 is 5.60 Å². The number of thiocarbonyl (C=S) groups is 1. The Morgan fingerprint density at radius 2 is 2.03 bits per heavy atom. The standard InChI is InChI=1S/C20H27N7OS/c1-26(2)17-16(14-23-25-18(21)29)13-22-19(24-17)27-10-8-20(28,9-11-27)12-15-6-4-3-5-7-15/h3-7,13-14,28H,8-12H2,1-2H3,(H3,21,25,29). The zero-order valence-corrected chi connectivity index (χ0v) is 17.6. The molecule has 2 aromatic rings. The first kappa shape index (κ1) is 20.9. The minimum Gasteiger partial charge on any atom is -0.389 e. The van der Waals surface area contributed by atoms with Crippen LogP contribution < -0.4 is 21.0 Å². The van der Waals surface area contributed by atoms with Crippen LogP contribution in [0.25, 0.3) is 0 Å². The van der Waals surface area contributed by atoms with Crippen LogP contribution in [0.2, 0.25) is 0 Å². The zero-order valence-electron chi connectivity index (χ0n) is 16.7. The van der Waals surface area contributed by atoms with E-state index in [1.54, 1.807) is 12.4 Å². The van der Waals surface area contributed by atoms with Gasteiger partial charge in [-0.25, -0.2) is 4.98 Å². The second-order valence-corrected chi connectivity index (χ2v) is 7.89. The Bertz CT molecular complexity index is 864. The summed E-state index contributed by atoms with van der Waals surface area (Å²) >= 11 is 4.75. The fraction of sp³-hybridized carbons (Fsp3) is 0.400. The van der Waals surface area contributed by atoms with Crippen molar-refractivity contribution < 1.29 is 5.11 Å². The molecule has 9 heteroatoms. The Labute approximate surface area is 176 Å². The zero-order chi connectivity index (χ0) is 20.9. The molecule has 8 nitrogen and oxygen atoms in total. The molecule has 1 fully saturated rings. The third kappa shape index (κ3) is 5.61. The molecule has 1 aliphatic heterocycles. The van der Waals surface area contributed by atoms with E-state index in [1.807, 2.05) is 37.2 Å². The average Bonchev–Trinajstić information content (AvgIpc) is 2.69. The van der Waals surface area contributed by atoms with Gasteiger partial charge in [0.05, 0.1) is 17.4 Å². The van der Waals surface area contributed by atoms with Crippen LogP contribution >= 0.6 is 12.2 Å². The highest BCUT2D eigenvalue weighted by Gasteiger charge is 2.33. The fourth-order valence-corrected chi connectivity index (χ4v) is 3.47. The Hall–Kier alpha value is -2.78. The van der Waals surface area contributed by atoms with Crippen LogP contribution in [0.4, 0.5) is 11.8 Å². The van der Waals surface area contributed by atoms with Gasteiger partial charge in [-0.1, -0.05) is 30.3 Å². The van der Waals surface area contributed by atoms with Crippen LogP contribution in [0.3, 0.4) is 0 Å². The Morgan fingerprint density at radius 3 is 2.66 bits per heavy atom. The highest BCUT2D eigenvalue weighted by Crippen LogP contribution is 2.28. The van der Waals surface area contributed by atoms with Gasteiger partial charge in [-0.3, -0.25) is 5.43 Å². The quantitative estimate of drug-likeness (QED) is 0.370. The number of hydrogen-bond acceptors (Lipinski definition) is 7. The van der Waals surface area contributed by atoms with Gasteiger partial charge >= 0.3 is 0 Å². The minimum absolute atomic E-state index is 0.0986. The maximum atomic E-state index is 11.0. The molecule has 1 aromatic heterocycles. The lowest BCUT2D eigenvalue weighted by Gasteiger charge is -2.38. The summed E-state index contributed by atoms with van der Waals surface area (Å²) in [5.41, 5.74) is 9.13. The van der Waals surface area contributed by atoms with E-state index in [0.29, 0.717) is 38.3 Å². The number of aliphatic hydroxyl groups is 1. The summed E-state index contributed by atoms with van der Waals surface area (Å²) in [4.78, 5) is 13.2. The molecule has 0 amide bonds. The molecule has 0 bridgehead atoms. The number of anilines is 2. The van der Waals surface area contributed by atoms with Gasteiger partial charge in [-0.15, -0.1) is 0 Å². The van der Waals surface area contributed by atoms with Gasteiger partial charge in [0, 0.05) is 39.8 Å². The SMILES string of the molecule is CN(C)c1nc(N2CCC(O)(Cc3ccccc3)CC2)ncc1C=NNC(N)=S. The lowest BCUT2D eigenvalue weighted by Crippen LogP contribution is -2.46. The summed E-state index contributed by atoms with van der Waals surface area (Å²) in [6.45, 7) is 1.40. The number of hydrogen-bond donors (Lipinski definition) is 3. The van der Waals surface area contributed by atoms with E-state index in [4.69, 9.17) is 22.9 Å². The normalized spacial score (nSPS) is 16.0. The topological polar surface area (TPSA) is 103 Å². The highest BCUT2D eigenvalue weighted by atomic mass is 32.1. The number of nitrogens with zero attached hydrogens (tertiary/aromatic N) is 5. The largest absolute Gasteiger partial charge is 0.389 e. The predicted octanol–water partition coefficient (Wildman–Crippen LogP) is 1.28. The smallest absolute Gasteiger partial charge is 0.227 e. The third-order valence-electron chi connectivity index (χ3n) is 4.94.